The van der Waals surface area contributed by atoms with Crippen LogP contribution < -0.4 is 4.74 Å². The molecule has 5 nitrogen and oxygen atoms in total. The number of nitrogens with zero attached hydrogens (tertiary/aromatic N) is 1. The van der Waals surface area contributed by atoms with Crippen LogP contribution in [0.25, 0.3) is 6.08 Å². The SMILES string of the molecule is CCOC(=O)C1=C(O)/C(=C/c2ccccc2OC)SC1=Nc1ccc(Cl)cc1. The van der Waals surface area contributed by atoms with E-state index in [0.717, 1.165) is 5.56 Å². The molecule has 2 aromatic rings. The summed E-state index contributed by atoms with van der Waals surface area (Å²) in [6.07, 6.45) is 1.75. The van der Waals surface area contributed by atoms with Crippen molar-refractivity contribution in [3.05, 3.63) is 75.4 Å². The average molecular weight is 416 g/mol. The molecule has 0 spiro atoms. The van der Waals surface area contributed by atoms with Crippen LogP contribution in [0.4, 0.5) is 5.69 Å². The van der Waals surface area contributed by atoms with E-state index in [9.17, 15) is 9.90 Å². The van der Waals surface area contributed by atoms with Crippen LogP contribution in [0, 0.1) is 0 Å². The van der Waals surface area contributed by atoms with E-state index in [0.29, 0.717) is 26.4 Å². The van der Waals surface area contributed by atoms with Gasteiger partial charge >= 0.3 is 5.97 Å². The van der Waals surface area contributed by atoms with E-state index >= 15 is 0 Å². The van der Waals surface area contributed by atoms with Crippen molar-refractivity contribution in [2.45, 2.75) is 6.92 Å². The normalized spacial score (nSPS) is 16.7. The van der Waals surface area contributed by atoms with Gasteiger partial charge in [-0.1, -0.05) is 41.6 Å². The number of para-hydroxylation sites is 1. The van der Waals surface area contributed by atoms with Crippen LogP contribution in [0.15, 0.2) is 69.8 Å². The fourth-order valence-corrected chi connectivity index (χ4v) is 3.70. The van der Waals surface area contributed by atoms with Gasteiger partial charge in [0.15, 0.2) is 0 Å². The quantitative estimate of drug-likeness (QED) is 0.649. The van der Waals surface area contributed by atoms with Gasteiger partial charge in [0.2, 0.25) is 0 Å². The number of rotatable bonds is 5. The minimum Gasteiger partial charge on any atom is -0.506 e. The first kappa shape index (κ1) is 20.0. The third kappa shape index (κ3) is 4.40. The number of thioether (sulfide) groups is 1. The number of ether oxygens (including phenoxy) is 2. The highest BCUT2D eigenvalue weighted by molar-refractivity contribution is 8.18. The van der Waals surface area contributed by atoms with Crippen molar-refractivity contribution in [1.82, 2.24) is 0 Å². The molecule has 7 heteroatoms. The van der Waals surface area contributed by atoms with Gasteiger partial charge in [0.25, 0.3) is 0 Å². The minimum absolute atomic E-state index is 0.0444. The molecule has 0 amide bonds. The van der Waals surface area contributed by atoms with Gasteiger partial charge in [-0.2, -0.15) is 0 Å². The third-order valence-corrected chi connectivity index (χ3v) is 5.12. The molecule has 1 heterocycles. The highest BCUT2D eigenvalue weighted by Crippen LogP contribution is 2.41. The zero-order chi connectivity index (χ0) is 20.1. The summed E-state index contributed by atoms with van der Waals surface area (Å²) in [5, 5.41) is 11.7. The van der Waals surface area contributed by atoms with Gasteiger partial charge in [0.1, 0.15) is 22.1 Å². The molecule has 1 N–H and O–H groups in total. The third-order valence-electron chi connectivity index (χ3n) is 3.85. The molecular weight excluding hydrogens is 398 g/mol. The Labute approximate surface area is 172 Å². The molecular formula is C21H18ClNO4S. The lowest BCUT2D eigenvalue weighted by Gasteiger charge is -2.05. The number of benzene rings is 2. The fourth-order valence-electron chi connectivity index (χ4n) is 2.55. The van der Waals surface area contributed by atoms with Crippen LogP contribution in [0.5, 0.6) is 5.75 Å². The fraction of sp³-hybridized carbons (Fsp3) is 0.143. The predicted molar refractivity (Wildman–Crippen MR) is 113 cm³/mol. The lowest BCUT2D eigenvalue weighted by Crippen LogP contribution is -2.12. The first-order chi connectivity index (χ1) is 13.5. The van der Waals surface area contributed by atoms with Crippen molar-refractivity contribution in [1.29, 1.82) is 0 Å². The van der Waals surface area contributed by atoms with Crippen LogP contribution in [0.1, 0.15) is 12.5 Å². The first-order valence-corrected chi connectivity index (χ1v) is 9.70. The number of methoxy groups -OCH3 is 1. The van der Waals surface area contributed by atoms with Crippen molar-refractivity contribution < 1.29 is 19.4 Å². The lowest BCUT2D eigenvalue weighted by atomic mass is 10.1. The molecule has 0 unspecified atom stereocenters. The number of aliphatic hydroxyl groups is 1. The summed E-state index contributed by atoms with van der Waals surface area (Å²) in [6.45, 7) is 1.90. The van der Waals surface area contributed by atoms with Crippen molar-refractivity contribution in [3.8, 4) is 5.75 Å². The monoisotopic (exact) mass is 415 g/mol. The molecule has 0 aromatic heterocycles. The summed E-state index contributed by atoms with van der Waals surface area (Å²) in [5.74, 6) is -0.130. The average Bonchev–Trinajstić information content (AvgIpc) is 2.99. The summed E-state index contributed by atoms with van der Waals surface area (Å²) in [5.41, 5.74) is 1.43. The maximum absolute atomic E-state index is 12.4. The Morgan fingerprint density at radius 2 is 1.93 bits per heavy atom. The lowest BCUT2D eigenvalue weighted by molar-refractivity contribution is -0.138. The van der Waals surface area contributed by atoms with Crippen molar-refractivity contribution in [3.63, 3.8) is 0 Å². The summed E-state index contributed by atoms with van der Waals surface area (Å²) < 4.78 is 10.5. The van der Waals surface area contributed by atoms with E-state index in [4.69, 9.17) is 21.1 Å². The van der Waals surface area contributed by atoms with Gasteiger partial charge in [-0.15, -0.1) is 0 Å². The van der Waals surface area contributed by atoms with Gasteiger partial charge in [-0.3, -0.25) is 0 Å². The number of hydrogen-bond donors (Lipinski definition) is 1. The number of carbonyl (C=O) groups is 1. The van der Waals surface area contributed by atoms with Crippen LogP contribution in [0.3, 0.4) is 0 Å². The van der Waals surface area contributed by atoms with E-state index in [-0.39, 0.29) is 17.9 Å². The number of carbonyl (C=O) groups excluding carboxylic acids is 1. The summed E-state index contributed by atoms with van der Waals surface area (Å²) in [7, 11) is 1.58. The van der Waals surface area contributed by atoms with Crippen LogP contribution in [-0.2, 0) is 9.53 Å². The maximum Gasteiger partial charge on any atom is 0.344 e. The van der Waals surface area contributed by atoms with Gasteiger partial charge < -0.3 is 14.6 Å². The van der Waals surface area contributed by atoms with Gasteiger partial charge in [0, 0.05) is 10.6 Å². The van der Waals surface area contributed by atoms with Gasteiger partial charge in [0.05, 0.1) is 24.3 Å². The first-order valence-electron chi connectivity index (χ1n) is 8.51. The molecule has 0 atom stereocenters. The Bertz CT molecular complexity index is 980. The highest BCUT2D eigenvalue weighted by Gasteiger charge is 2.33. The minimum atomic E-state index is -0.622. The molecule has 28 heavy (non-hydrogen) atoms. The second-order valence-corrected chi connectivity index (χ2v) is 7.16. The number of hydrogen-bond acceptors (Lipinski definition) is 6. The molecule has 3 rings (SSSR count). The van der Waals surface area contributed by atoms with Gasteiger partial charge in [-0.25, -0.2) is 9.79 Å². The van der Waals surface area contributed by atoms with Crippen LogP contribution in [0.2, 0.25) is 5.02 Å². The number of aliphatic imine (C=N–C) groups is 1. The molecule has 0 bridgehead atoms. The molecule has 0 saturated heterocycles. The second-order valence-electron chi connectivity index (χ2n) is 5.69. The largest absolute Gasteiger partial charge is 0.506 e. The Hall–Kier alpha value is -2.70. The summed E-state index contributed by atoms with van der Waals surface area (Å²) in [4.78, 5) is 17.4. The Kier molecular flexibility index (Phi) is 6.44. The van der Waals surface area contributed by atoms with Crippen molar-refractivity contribution in [2.75, 3.05) is 13.7 Å². The second kappa shape index (κ2) is 8.99. The molecule has 1 aliphatic heterocycles. The van der Waals surface area contributed by atoms with Crippen LogP contribution >= 0.6 is 23.4 Å². The summed E-state index contributed by atoms with van der Waals surface area (Å²) >= 11 is 7.11. The van der Waals surface area contributed by atoms with Gasteiger partial charge in [-0.05, 0) is 43.3 Å². The van der Waals surface area contributed by atoms with E-state index < -0.39 is 5.97 Å². The van der Waals surface area contributed by atoms with Crippen molar-refractivity contribution in [2.24, 2.45) is 4.99 Å². The van der Waals surface area contributed by atoms with E-state index in [1.807, 2.05) is 24.3 Å². The molecule has 0 aliphatic carbocycles. The zero-order valence-corrected chi connectivity index (χ0v) is 16.9. The van der Waals surface area contributed by atoms with Crippen molar-refractivity contribution >= 4 is 46.1 Å². The van der Waals surface area contributed by atoms with E-state index in [1.165, 1.54) is 11.8 Å². The molecule has 0 saturated carbocycles. The number of esters is 1. The highest BCUT2D eigenvalue weighted by atomic mass is 35.5. The standard InChI is InChI=1S/C21H18ClNO4S/c1-3-27-21(25)18-19(24)17(12-13-6-4-5-7-16(13)26-2)28-20(18)23-15-10-8-14(22)9-11-15/h4-12,24H,3H2,1-2H3/b17-12-,23-20?. The Balaban J connectivity index is 2.06. The Morgan fingerprint density at radius 3 is 2.61 bits per heavy atom. The molecule has 0 fully saturated rings. The maximum atomic E-state index is 12.4. The topological polar surface area (TPSA) is 68.1 Å². The summed E-state index contributed by atoms with van der Waals surface area (Å²) in [6, 6.07) is 14.3. The Morgan fingerprint density at radius 1 is 1.21 bits per heavy atom. The molecule has 1 aliphatic rings. The predicted octanol–water partition coefficient (Wildman–Crippen LogP) is 5.54. The zero-order valence-electron chi connectivity index (χ0n) is 15.3. The van der Waals surface area contributed by atoms with Crippen LogP contribution in [-0.4, -0.2) is 29.8 Å². The smallest absolute Gasteiger partial charge is 0.344 e. The molecule has 144 valence electrons. The molecule has 0 radical (unpaired) electrons. The number of aliphatic hydroxyl groups excluding tert-OH is 1. The number of halogens is 1. The molecule has 2 aromatic carbocycles. The van der Waals surface area contributed by atoms with E-state index in [1.54, 1.807) is 44.4 Å². The van der Waals surface area contributed by atoms with E-state index in [2.05, 4.69) is 4.99 Å².